The summed E-state index contributed by atoms with van der Waals surface area (Å²) in [5.41, 5.74) is -0.876. The number of nitro groups is 2. The average molecular weight is 386 g/mol. The summed E-state index contributed by atoms with van der Waals surface area (Å²) in [6.07, 6.45) is 1.03. The van der Waals surface area contributed by atoms with Crippen molar-refractivity contribution in [2.45, 2.75) is 0 Å². The number of phenolic OH excluding ortho intramolecular Hbond substituents is 1. The molecule has 0 amide bonds. The van der Waals surface area contributed by atoms with Gasteiger partial charge in [0.15, 0.2) is 5.82 Å². The summed E-state index contributed by atoms with van der Waals surface area (Å²) in [7, 11) is 0. The van der Waals surface area contributed by atoms with Gasteiger partial charge in [-0.25, -0.2) is 5.10 Å². The van der Waals surface area contributed by atoms with Gasteiger partial charge in [-0.2, -0.15) is 14.9 Å². The van der Waals surface area contributed by atoms with Crippen LogP contribution in [0.15, 0.2) is 47.6 Å². The van der Waals surface area contributed by atoms with Crippen molar-refractivity contribution in [3.05, 3.63) is 73.0 Å². The topological polar surface area (TPSA) is 152 Å². The van der Waals surface area contributed by atoms with Crippen LogP contribution in [0.5, 0.6) is 5.75 Å². The van der Waals surface area contributed by atoms with Gasteiger partial charge < -0.3 is 5.11 Å². The number of hydrogen-bond donors (Lipinski definition) is 2. The van der Waals surface area contributed by atoms with Gasteiger partial charge in [-0.3, -0.25) is 20.2 Å². The van der Waals surface area contributed by atoms with Crippen molar-refractivity contribution in [1.29, 1.82) is 0 Å². The van der Waals surface area contributed by atoms with E-state index in [0.717, 1.165) is 12.3 Å². The zero-order valence-electron chi connectivity index (χ0n) is 13.3. The first-order valence-corrected chi connectivity index (χ1v) is 7.72. The van der Waals surface area contributed by atoms with Gasteiger partial charge in [-0.15, -0.1) is 0 Å². The van der Waals surface area contributed by atoms with E-state index in [0.29, 0.717) is 17.5 Å². The Kier molecular flexibility index (Phi) is 4.72. The van der Waals surface area contributed by atoms with E-state index < -0.39 is 27.0 Å². The highest BCUT2D eigenvalue weighted by Crippen LogP contribution is 2.33. The quantitative estimate of drug-likeness (QED) is 0.296. The molecule has 0 atom stereocenters. The Hall–Kier alpha value is -3.93. The number of nitrogens with zero attached hydrogens (tertiary/aromatic N) is 5. The number of aromatic hydroxyl groups is 1. The molecule has 0 saturated carbocycles. The number of non-ortho nitro benzene ring substituents is 1. The van der Waals surface area contributed by atoms with Crippen molar-refractivity contribution in [3.63, 3.8) is 0 Å². The van der Waals surface area contributed by atoms with Crippen molar-refractivity contribution in [1.82, 2.24) is 14.9 Å². The maximum absolute atomic E-state index is 11.0. The minimum Gasteiger partial charge on any atom is -0.502 e. The molecule has 12 heteroatoms. The van der Waals surface area contributed by atoms with Gasteiger partial charge in [0.05, 0.1) is 27.7 Å². The number of aromatic amines is 1. The third-order valence-electron chi connectivity index (χ3n) is 3.51. The fourth-order valence-corrected chi connectivity index (χ4v) is 2.44. The van der Waals surface area contributed by atoms with Gasteiger partial charge in [0.1, 0.15) is 0 Å². The Morgan fingerprint density at radius 2 is 1.89 bits per heavy atom. The number of phenols is 1. The van der Waals surface area contributed by atoms with Crippen molar-refractivity contribution in [2.75, 3.05) is 0 Å². The van der Waals surface area contributed by atoms with Gasteiger partial charge >= 0.3 is 5.69 Å². The summed E-state index contributed by atoms with van der Waals surface area (Å²) >= 11 is 5.11. The molecule has 0 radical (unpaired) electrons. The zero-order valence-corrected chi connectivity index (χ0v) is 14.2. The summed E-state index contributed by atoms with van der Waals surface area (Å²) in [4.78, 5) is 20.3. The first kappa shape index (κ1) is 17.9. The summed E-state index contributed by atoms with van der Waals surface area (Å²) in [6.45, 7) is 0. The predicted molar refractivity (Wildman–Crippen MR) is 97.3 cm³/mol. The number of H-pyrrole nitrogens is 1. The van der Waals surface area contributed by atoms with Gasteiger partial charge in [-0.1, -0.05) is 30.3 Å². The highest BCUT2D eigenvalue weighted by atomic mass is 32.1. The average Bonchev–Trinajstić information content (AvgIpc) is 3.01. The Balaban J connectivity index is 2.10. The van der Waals surface area contributed by atoms with Crippen LogP contribution >= 0.6 is 12.2 Å². The van der Waals surface area contributed by atoms with E-state index >= 15 is 0 Å². The third kappa shape index (κ3) is 3.55. The van der Waals surface area contributed by atoms with E-state index in [1.54, 1.807) is 24.3 Å². The van der Waals surface area contributed by atoms with E-state index in [1.165, 1.54) is 4.68 Å². The molecule has 2 aromatic carbocycles. The smallest absolute Gasteiger partial charge is 0.318 e. The summed E-state index contributed by atoms with van der Waals surface area (Å²) in [5.74, 6) is -0.387. The maximum Gasteiger partial charge on any atom is 0.318 e. The molecule has 27 heavy (non-hydrogen) atoms. The van der Waals surface area contributed by atoms with Crippen LogP contribution in [-0.4, -0.2) is 36.0 Å². The lowest BCUT2D eigenvalue weighted by Crippen LogP contribution is -1.98. The zero-order chi connectivity index (χ0) is 19.6. The van der Waals surface area contributed by atoms with Crippen molar-refractivity contribution in [2.24, 2.45) is 5.10 Å². The number of nitro benzene ring substituents is 2. The standard InChI is InChI=1S/C15H10N6O5S/c22-13-10(6-11(20(23)24)7-12(13)21(25)26)8-16-19-14(17-18-15(19)27)9-4-2-1-3-5-9/h1-8,22H,(H,18,27)/b16-8-. The van der Waals surface area contributed by atoms with E-state index in [-0.39, 0.29) is 10.3 Å². The molecule has 2 N–H and O–H groups in total. The van der Waals surface area contributed by atoms with Crippen molar-refractivity contribution >= 4 is 29.8 Å². The first-order chi connectivity index (χ1) is 12.9. The molecule has 3 aromatic rings. The normalized spacial score (nSPS) is 11.0. The Morgan fingerprint density at radius 3 is 2.52 bits per heavy atom. The molecule has 0 spiro atoms. The summed E-state index contributed by atoms with van der Waals surface area (Å²) in [5, 5.41) is 42.7. The largest absolute Gasteiger partial charge is 0.502 e. The lowest BCUT2D eigenvalue weighted by atomic mass is 10.1. The molecule has 0 bridgehead atoms. The number of rotatable bonds is 5. The Labute approximate surface area is 155 Å². The van der Waals surface area contributed by atoms with Gasteiger partial charge in [0.2, 0.25) is 10.5 Å². The second kappa shape index (κ2) is 7.13. The van der Waals surface area contributed by atoms with Crippen LogP contribution in [0.3, 0.4) is 0 Å². The molecule has 0 unspecified atom stereocenters. The van der Waals surface area contributed by atoms with Crippen LogP contribution in [0.25, 0.3) is 11.4 Å². The van der Waals surface area contributed by atoms with Gasteiger partial charge in [0, 0.05) is 11.6 Å². The third-order valence-corrected chi connectivity index (χ3v) is 3.77. The molecule has 0 fully saturated rings. The maximum atomic E-state index is 11.0. The highest BCUT2D eigenvalue weighted by molar-refractivity contribution is 7.71. The molecular formula is C15H10N6O5S. The van der Waals surface area contributed by atoms with Gasteiger partial charge in [0.25, 0.3) is 5.69 Å². The van der Waals surface area contributed by atoms with Crippen LogP contribution < -0.4 is 0 Å². The second-order valence-corrected chi connectivity index (χ2v) is 5.58. The fraction of sp³-hybridized carbons (Fsp3) is 0. The SMILES string of the molecule is O=[N+]([O-])c1cc(/C=N\n2c(-c3ccccc3)n[nH]c2=S)c(O)c([N+](=O)[O-])c1. The van der Waals surface area contributed by atoms with E-state index in [2.05, 4.69) is 15.3 Å². The predicted octanol–water partition coefficient (Wildman–Crippen LogP) is 3.01. The minimum atomic E-state index is -0.918. The molecule has 1 heterocycles. The summed E-state index contributed by atoms with van der Waals surface area (Å²) in [6, 6.07) is 10.6. The number of aromatic nitrogens is 3. The molecule has 0 saturated heterocycles. The molecule has 0 aliphatic rings. The van der Waals surface area contributed by atoms with Gasteiger partial charge in [-0.05, 0) is 12.2 Å². The lowest BCUT2D eigenvalue weighted by Gasteiger charge is -2.02. The molecular weight excluding hydrogens is 376 g/mol. The molecule has 0 aliphatic heterocycles. The first-order valence-electron chi connectivity index (χ1n) is 7.31. The van der Waals surface area contributed by atoms with E-state index in [4.69, 9.17) is 12.2 Å². The fourth-order valence-electron chi connectivity index (χ4n) is 2.26. The number of hydrogen-bond acceptors (Lipinski definition) is 8. The second-order valence-electron chi connectivity index (χ2n) is 5.19. The highest BCUT2D eigenvalue weighted by Gasteiger charge is 2.23. The summed E-state index contributed by atoms with van der Waals surface area (Å²) < 4.78 is 1.36. The van der Waals surface area contributed by atoms with Crippen LogP contribution in [0.1, 0.15) is 5.56 Å². The van der Waals surface area contributed by atoms with Crippen molar-refractivity contribution in [3.8, 4) is 17.1 Å². The minimum absolute atomic E-state index is 0.129. The van der Waals surface area contributed by atoms with Crippen LogP contribution in [-0.2, 0) is 0 Å². The molecule has 11 nitrogen and oxygen atoms in total. The monoisotopic (exact) mass is 386 g/mol. The Morgan fingerprint density at radius 1 is 1.19 bits per heavy atom. The lowest BCUT2D eigenvalue weighted by molar-refractivity contribution is -0.394. The number of benzene rings is 2. The molecule has 3 rings (SSSR count). The van der Waals surface area contributed by atoms with Crippen LogP contribution in [0.4, 0.5) is 11.4 Å². The molecule has 1 aromatic heterocycles. The number of nitrogens with one attached hydrogen (secondary N) is 1. The molecule has 0 aliphatic carbocycles. The van der Waals surface area contributed by atoms with E-state index in [1.807, 2.05) is 6.07 Å². The Bertz CT molecular complexity index is 1120. The van der Waals surface area contributed by atoms with Crippen molar-refractivity contribution < 1.29 is 15.0 Å². The van der Waals surface area contributed by atoms with E-state index in [9.17, 15) is 25.3 Å². The van der Waals surface area contributed by atoms with Crippen LogP contribution in [0, 0.1) is 25.0 Å². The molecule has 136 valence electrons. The van der Waals surface area contributed by atoms with Crippen LogP contribution in [0.2, 0.25) is 0 Å².